The number of benzene rings is 5. The van der Waals surface area contributed by atoms with E-state index < -0.39 is 16.8 Å². The third-order valence-electron chi connectivity index (χ3n) is 7.03. The average Bonchev–Trinajstić information content (AvgIpc) is 3.05. The fraction of sp³-hybridized carbons (Fsp3) is 0. The molecule has 1 heterocycles. The molecule has 0 bridgehead atoms. The number of rotatable bonds is 5. The lowest BCUT2D eigenvalue weighted by atomic mass is 9.70. The Bertz CT molecular complexity index is 1860. The van der Waals surface area contributed by atoms with Crippen LogP contribution < -0.4 is 16.4 Å². The van der Waals surface area contributed by atoms with Crippen molar-refractivity contribution in [1.82, 2.24) is 15.0 Å². The molecular weight excluding hydrogens is 516 g/mol. The van der Waals surface area contributed by atoms with Gasteiger partial charge in [0.25, 0.3) is 0 Å². The standard InChI is InChI=1S/C34H18B3FN4/c35-28-26(19-39)31(38)30(37)29(36)27(28)34-41-32(24-15-11-22(12-16-24)20-7-3-1-4-8-20)40-33(42-34)25-17-13-23(14-18-25)21-9-5-2-6-10-21/h1-18H. The van der Waals surface area contributed by atoms with E-state index in [2.05, 4.69) is 9.97 Å². The highest BCUT2D eigenvalue weighted by molar-refractivity contribution is 6.54. The third kappa shape index (κ3) is 5.02. The first-order valence-corrected chi connectivity index (χ1v) is 13.1. The quantitative estimate of drug-likeness (QED) is 0.304. The summed E-state index contributed by atoms with van der Waals surface area (Å²) in [5.41, 5.74) is 4.58. The smallest absolute Gasteiger partial charge is 0.164 e. The van der Waals surface area contributed by atoms with Gasteiger partial charge >= 0.3 is 0 Å². The van der Waals surface area contributed by atoms with Crippen LogP contribution in [0.4, 0.5) is 4.39 Å². The number of nitriles is 1. The Labute approximate surface area is 247 Å². The molecule has 42 heavy (non-hydrogen) atoms. The Hall–Kier alpha value is -5.28. The van der Waals surface area contributed by atoms with Crippen molar-refractivity contribution in [3.05, 3.63) is 121 Å². The molecule has 0 fully saturated rings. The number of halogens is 1. The van der Waals surface area contributed by atoms with Crippen molar-refractivity contribution >= 4 is 39.9 Å². The van der Waals surface area contributed by atoms with Gasteiger partial charge in [0.2, 0.25) is 0 Å². The van der Waals surface area contributed by atoms with Gasteiger partial charge in [0, 0.05) is 16.7 Å². The minimum atomic E-state index is -0.973. The summed E-state index contributed by atoms with van der Waals surface area (Å²) in [7, 11) is 18.4. The fourth-order valence-electron chi connectivity index (χ4n) is 4.76. The summed E-state index contributed by atoms with van der Waals surface area (Å²) in [5, 5.41) is 9.57. The fourth-order valence-corrected chi connectivity index (χ4v) is 4.76. The van der Waals surface area contributed by atoms with Crippen LogP contribution in [0.25, 0.3) is 56.4 Å². The molecule has 0 amide bonds. The van der Waals surface area contributed by atoms with Gasteiger partial charge in [-0.1, -0.05) is 126 Å². The van der Waals surface area contributed by atoms with E-state index in [9.17, 15) is 9.65 Å². The minimum absolute atomic E-state index is 0.0764. The first-order chi connectivity index (χ1) is 20.4. The molecule has 190 valence electrons. The number of hydrogen-bond acceptors (Lipinski definition) is 4. The van der Waals surface area contributed by atoms with Gasteiger partial charge in [0.15, 0.2) is 17.5 Å². The Morgan fingerprint density at radius 2 is 0.857 bits per heavy atom. The first kappa shape index (κ1) is 26.9. The van der Waals surface area contributed by atoms with Crippen molar-refractivity contribution in [2.75, 3.05) is 0 Å². The lowest BCUT2D eigenvalue weighted by molar-refractivity contribution is 0.634. The summed E-state index contributed by atoms with van der Waals surface area (Å²) in [6.45, 7) is 0. The van der Waals surface area contributed by atoms with Crippen LogP contribution in [0.15, 0.2) is 109 Å². The van der Waals surface area contributed by atoms with Gasteiger partial charge in [-0.05, 0) is 22.3 Å². The zero-order valence-electron chi connectivity index (χ0n) is 22.3. The summed E-state index contributed by atoms with van der Waals surface area (Å²) >= 11 is 0. The van der Waals surface area contributed by atoms with E-state index in [-0.39, 0.29) is 22.3 Å². The molecule has 0 aliphatic heterocycles. The molecule has 6 aromatic rings. The maximum atomic E-state index is 14.7. The van der Waals surface area contributed by atoms with Gasteiger partial charge in [0.05, 0.1) is 5.56 Å². The van der Waals surface area contributed by atoms with E-state index >= 15 is 0 Å². The zero-order valence-corrected chi connectivity index (χ0v) is 22.3. The molecule has 0 N–H and O–H groups in total. The maximum absolute atomic E-state index is 14.7. The number of aromatic nitrogens is 3. The minimum Gasteiger partial charge on any atom is -0.208 e. The average molecular weight is 534 g/mol. The van der Waals surface area contributed by atoms with Crippen molar-refractivity contribution < 1.29 is 4.39 Å². The second-order valence-corrected chi connectivity index (χ2v) is 9.61. The molecule has 4 nitrogen and oxygen atoms in total. The molecule has 0 aliphatic rings. The Morgan fingerprint density at radius 3 is 1.29 bits per heavy atom. The maximum Gasteiger partial charge on any atom is 0.164 e. The normalized spacial score (nSPS) is 10.8. The van der Waals surface area contributed by atoms with E-state index in [1.807, 2.05) is 109 Å². The van der Waals surface area contributed by atoms with E-state index in [1.165, 1.54) is 0 Å². The van der Waals surface area contributed by atoms with E-state index in [0.29, 0.717) is 22.8 Å². The zero-order chi connectivity index (χ0) is 29.2. The molecule has 8 heteroatoms. The highest BCUT2D eigenvalue weighted by atomic mass is 19.1. The van der Waals surface area contributed by atoms with Gasteiger partial charge < -0.3 is 0 Å². The van der Waals surface area contributed by atoms with Gasteiger partial charge in [-0.15, -0.1) is 0 Å². The van der Waals surface area contributed by atoms with Crippen LogP contribution in [-0.2, 0) is 0 Å². The van der Waals surface area contributed by atoms with Crippen LogP contribution in [0, 0.1) is 17.1 Å². The van der Waals surface area contributed by atoms with Crippen LogP contribution in [0.1, 0.15) is 5.56 Å². The Morgan fingerprint density at radius 1 is 0.476 bits per heavy atom. The summed E-state index contributed by atoms with van der Waals surface area (Å²) in [4.78, 5) is 14.1. The molecule has 1 aromatic heterocycles. The van der Waals surface area contributed by atoms with E-state index in [4.69, 9.17) is 28.5 Å². The monoisotopic (exact) mass is 534 g/mol. The van der Waals surface area contributed by atoms with Gasteiger partial charge in [-0.2, -0.15) is 5.26 Å². The number of hydrogen-bond donors (Lipinski definition) is 0. The van der Waals surface area contributed by atoms with E-state index in [1.54, 1.807) is 6.07 Å². The number of nitrogens with zero attached hydrogens (tertiary/aromatic N) is 4. The molecule has 0 saturated heterocycles. The summed E-state index contributed by atoms with van der Waals surface area (Å²) < 4.78 is 14.7. The highest BCUT2D eigenvalue weighted by Gasteiger charge is 2.21. The molecule has 0 spiro atoms. The van der Waals surface area contributed by atoms with Crippen molar-refractivity contribution in [1.29, 1.82) is 5.26 Å². The predicted molar refractivity (Wildman–Crippen MR) is 168 cm³/mol. The van der Waals surface area contributed by atoms with Gasteiger partial charge in [0.1, 0.15) is 35.4 Å². The molecule has 0 unspecified atom stereocenters. The molecular formula is C34H18B3FN4. The SMILES string of the molecule is [B]c1c([B])c(-c2nc(-c3ccc(-c4ccccc4)cc3)nc(-c3ccc(-c4ccccc4)cc3)n2)c([B])c(C#N)c1F. The summed E-state index contributed by atoms with van der Waals surface area (Å²) in [6, 6.07) is 37.3. The van der Waals surface area contributed by atoms with Crippen molar-refractivity contribution in [3.8, 4) is 62.5 Å². The molecule has 6 radical (unpaired) electrons. The molecule has 0 aliphatic carbocycles. The largest absolute Gasteiger partial charge is 0.208 e. The Kier molecular flexibility index (Phi) is 7.25. The summed E-state index contributed by atoms with van der Waals surface area (Å²) in [6.07, 6.45) is 0. The first-order valence-electron chi connectivity index (χ1n) is 13.1. The van der Waals surface area contributed by atoms with Crippen molar-refractivity contribution in [2.45, 2.75) is 0 Å². The predicted octanol–water partition coefficient (Wildman–Crippen LogP) is 4.60. The van der Waals surface area contributed by atoms with Crippen LogP contribution in [0.5, 0.6) is 0 Å². The lowest BCUT2D eigenvalue weighted by Crippen LogP contribution is -2.38. The van der Waals surface area contributed by atoms with Crippen molar-refractivity contribution in [3.63, 3.8) is 0 Å². The summed E-state index contributed by atoms with van der Waals surface area (Å²) in [5.74, 6) is -0.199. The second kappa shape index (κ2) is 11.3. The third-order valence-corrected chi connectivity index (χ3v) is 7.03. The van der Waals surface area contributed by atoms with Crippen LogP contribution in [0.3, 0.4) is 0 Å². The lowest BCUT2D eigenvalue weighted by Gasteiger charge is -2.17. The van der Waals surface area contributed by atoms with Crippen LogP contribution in [-0.4, -0.2) is 38.5 Å². The molecule has 6 rings (SSSR count). The van der Waals surface area contributed by atoms with Gasteiger partial charge in [-0.25, -0.2) is 19.3 Å². The van der Waals surface area contributed by atoms with Crippen LogP contribution >= 0.6 is 0 Å². The highest BCUT2D eigenvalue weighted by Crippen LogP contribution is 2.28. The van der Waals surface area contributed by atoms with Crippen LogP contribution in [0.2, 0.25) is 0 Å². The van der Waals surface area contributed by atoms with E-state index in [0.717, 1.165) is 22.3 Å². The molecule has 0 saturated carbocycles. The topological polar surface area (TPSA) is 62.5 Å². The Balaban J connectivity index is 1.51. The second-order valence-electron chi connectivity index (χ2n) is 9.61. The molecule has 5 aromatic carbocycles. The van der Waals surface area contributed by atoms with Crippen molar-refractivity contribution in [2.24, 2.45) is 0 Å². The molecule has 0 atom stereocenters. The van der Waals surface area contributed by atoms with Gasteiger partial charge in [-0.3, -0.25) is 0 Å².